The molecule has 0 amide bonds. The van der Waals surface area contributed by atoms with Crippen LogP contribution in [0.15, 0.2) is 86.1 Å². The average Bonchev–Trinajstić information content (AvgIpc) is 3.57. The number of hydrogen-bond donors (Lipinski definition) is 0. The molecule has 216 valence electrons. The lowest BCUT2D eigenvalue weighted by Crippen LogP contribution is -2.40. The summed E-state index contributed by atoms with van der Waals surface area (Å²) in [7, 11) is 0. The number of ether oxygens (including phenoxy) is 2. The highest BCUT2D eigenvalue weighted by Crippen LogP contribution is 2.34. The van der Waals surface area contributed by atoms with E-state index in [0.717, 1.165) is 18.4 Å². The van der Waals surface area contributed by atoms with Crippen LogP contribution in [0.25, 0.3) is 17.4 Å². The van der Waals surface area contributed by atoms with E-state index >= 15 is 0 Å². The van der Waals surface area contributed by atoms with Crippen molar-refractivity contribution in [2.24, 2.45) is 4.99 Å². The van der Waals surface area contributed by atoms with Gasteiger partial charge in [0.1, 0.15) is 17.6 Å². The lowest BCUT2D eigenvalue weighted by molar-refractivity contribution is -0.139. The number of aromatic nitrogens is 1. The zero-order valence-corrected chi connectivity index (χ0v) is 25.0. The van der Waals surface area contributed by atoms with Gasteiger partial charge in [0.05, 0.1) is 34.6 Å². The highest BCUT2D eigenvalue weighted by Gasteiger charge is 2.34. The van der Waals surface area contributed by atoms with Gasteiger partial charge in [-0.25, -0.2) is 14.6 Å². The summed E-state index contributed by atoms with van der Waals surface area (Å²) >= 11 is 7.76. The van der Waals surface area contributed by atoms with Gasteiger partial charge in [-0.2, -0.15) is 0 Å². The molecule has 5 rings (SSSR count). The molecule has 0 bridgehead atoms. The molecule has 0 aliphatic carbocycles. The third-order valence-electron chi connectivity index (χ3n) is 6.75. The number of thiazole rings is 1. The first-order valence-corrected chi connectivity index (χ1v) is 14.8. The molecule has 1 aliphatic heterocycles. The van der Waals surface area contributed by atoms with E-state index in [9.17, 15) is 14.4 Å². The SMILES string of the molecule is CCCCOC(=O)c1ccc(-c2ccc(/C=c3\sc4n(c3=O)[C@H](c3ccccc3Cl)C(C(=O)OCC)=C(C)N=4)o2)cc1. The maximum atomic E-state index is 13.8. The van der Waals surface area contributed by atoms with Crippen molar-refractivity contribution in [3.05, 3.63) is 114 Å². The van der Waals surface area contributed by atoms with Gasteiger partial charge in [-0.05, 0) is 56.2 Å². The summed E-state index contributed by atoms with van der Waals surface area (Å²) in [4.78, 5) is 44.1. The number of benzene rings is 2. The molecule has 2 aromatic carbocycles. The Morgan fingerprint density at radius 2 is 1.81 bits per heavy atom. The van der Waals surface area contributed by atoms with Crippen LogP contribution in [0.3, 0.4) is 0 Å². The van der Waals surface area contributed by atoms with E-state index in [4.69, 9.17) is 25.5 Å². The molecule has 42 heavy (non-hydrogen) atoms. The minimum atomic E-state index is -0.796. The van der Waals surface area contributed by atoms with E-state index < -0.39 is 12.0 Å². The highest BCUT2D eigenvalue weighted by atomic mass is 35.5. The summed E-state index contributed by atoms with van der Waals surface area (Å²) in [6.07, 6.45) is 3.43. The molecule has 1 aliphatic rings. The first kappa shape index (κ1) is 29.3. The van der Waals surface area contributed by atoms with E-state index in [1.54, 1.807) is 74.5 Å². The lowest BCUT2D eigenvalue weighted by Gasteiger charge is -2.25. The van der Waals surface area contributed by atoms with Crippen LogP contribution >= 0.6 is 22.9 Å². The van der Waals surface area contributed by atoms with E-state index in [2.05, 4.69) is 4.99 Å². The maximum absolute atomic E-state index is 13.8. The van der Waals surface area contributed by atoms with Gasteiger partial charge in [-0.3, -0.25) is 9.36 Å². The number of rotatable bonds is 9. The van der Waals surface area contributed by atoms with Gasteiger partial charge in [-0.15, -0.1) is 0 Å². The predicted octanol–water partition coefficient (Wildman–Crippen LogP) is 5.67. The number of furan rings is 1. The number of allylic oxidation sites excluding steroid dienone is 1. The van der Waals surface area contributed by atoms with Crippen molar-refractivity contribution in [3.63, 3.8) is 0 Å². The van der Waals surface area contributed by atoms with Crippen molar-refractivity contribution < 1.29 is 23.5 Å². The smallest absolute Gasteiger partial charge is 0.338 e. The van der Waals surface area contributed by atoms with Crippen LogP contribution in [0.2, 0.25) is 5.02 Å². The fourth-order valence-corrected chi connectivity index (χ4v) is 5.93. The normalized spacial score (nSPS) is 14.9. The molecule has 0 fully saturated rings. The van der Waals surface area contributed by atoms with E-state index in [1.165, 1.54) is 15.9 Å². The van der Waals surface area contributed by atoms with E-state index in [1.807, 2.05) is 13.0 Å². The topological polar surface area (TPSA) is 100 Å². The first-order chi connectivity index (χ1) is 20.3. The van der Waals surface area contributed by atoms with Crippen LogP contribution in [0.4, 0.5) is 0 Å². The van der Waals surface area contributed by atoms with Crippen molar-refractivity contribution in [3.8, 4) is 11.3 Å². The Kier molecular flexibility index (Phi) is 8.89. The fourth-order valence-electron chi connectivity index (χ4n) is 4.66. The predicted molar refractivity (Wildman–Crippen MR) is 161 cm³/mol. The Bertz CT molecular complexity index is 1850. The molecule has 0 saturated heterocycles. The fraction of sp³-hybridized carbons (Fsp3) is 0.250. The first-order valence-electron chi connectivity index (χ1n) is 13.6. The summed E-state index contributed by atoms with van der Waals surface area (Å²) in [5, 5.41) is 0.421. The van der Waals surface area contributed by atoms with Gasteiger partial charge in [0.2, 0.25) is 0 Å². The van der Waals surface area contributed by atoms with Crippen LogP contribution in [0.1, 0.15) is 61.3 Å². The Labute approximate surface area is 251 Å². The minimum absolute atomic E-state index is 0.182. The van der Waals surface area contributed by atoms with Crippen molar-refractivity contribution in [2.75, 3.05) is 13.2 Å². The Morgan fingerprint density at radius 1 is 1.05 bits per heavy atom. The minimum Gasteiger partial charge on any atom is -0.463 e. The Hall–Kier alpha value is -4.21. The number of esters is 2. The number of carbonyl (C=O) groups is 2. The van der Waals surface area contributed by atoms with Gasteiger partial charge in [-0.1, -0.05) is 66.6 Å². The molecule has 0 unspecified atom stereocenters. The molecule has 2 aromatic heterocycles. The third kappa shape index (κ3) is 5.89. The van der Waals surface area contributed by atoms with Crippen LogP contribution in [-0.4, -0.2) is 29.7 Å². The number of halogens is 1. The molecule has 0 spiro atoms. The molecular weight excluding hydrogens is 576 g/mol. The van der Waals surface area contributed by atoms with Crippen molar-refractivity contribution >= 4 is 41.0 Å². The molecule has 10 heteroatoms. The van der Waals surface area contributed by atoms with Gasteiger partial charge >= 0.3 is 11.9 Å². The Morgan fingerprint density at radius 3 is 2.52 bits per heavy atom. The monoisotopic (exact) mass is 604 g/mol. The largest absolute Gasteiger partial charge is 0.463 e. The van der Waals surface area contributed by atoms with Gasteiger partial charge in [0.15, 0.2) is 4.80 Å². The summed E-state index contributed by atoms with van der Waals surface area (Å²) in [5.74, 6) is 0.138. The van der Waals surface area contributed by atoms with Crippen molar-refractivity contribution in [2.45, 2.75) is 39.7 Å². The van der Waals surface area contributed by atoms with Crippen LogP contribution in [-0.2, 0) is 14.3 Å². The molecule has 8 nitrogen and oxygen atoms in total. The molecular formula is C32H29ClN2O6S. The second-order valence-electron chi connectivity index (χ2n) is 9.59. The van der Waals surface area contributed by atoms with Crippen LogP contribution in [0, 0.1) is 0 Å². The highest BCUT2D eigenvalue weighted by molar-refractivity contribution is 7.07. The maximum Gasteiger partial charge on any atom is 0.338 e. The lowest BCUT2D eigenvalue weighted by atomic mass is 9.96. The van der Waals surface area contributed by atoms with Gasteiger partial charge in [0, 0.05) is 16.7 Å². The third-order valence-corrected chi connectivity index (χ3v) is 8.08. The molecule has 0 radical (unpaired) electrons. The Balaban J connectivity index is 1.49. The molecule has 3 heterocycles. The zero-order valence-electron chi connectivity index (χ0n) is 23.4. The van der Waals surface area contributed by atoms with Gasteiger partial charge < -0.3 is 13.9 Å². The number of carbonyl (C=O) groups excluding carboxylic acids is 2. The average molecular weight is 605 g/mol. The molecule has 1 atom stereocenters. The summed E-state index contributed by atoms with van der Waals surface area (Å²) < 4.78 is 18.5. The van der Waals surface area contributed by atoms with E-state index in [0.29, 0.717) is 49.3 Å². The van der Waals surface area contributed by atoms with Crippen LogP contribution in [0.5, 0.6) is 0 Å². The van der Waals surface area contributed by atoms with Gasteiger partial charge in [0.25, 0.3) is 5.56 Å². The van der Waals surface area contributed by atoms with Crippen molar-refractivity contribution in [1.82, 2.24) is 4.57 Å². The summed E-state index contributed by atoms with van der Waals surface area (Å²) in [6, 6.07) is 16.8. The summed E-state index contributed by atoms with van der Waals surface area (Å²) in [6.45, 7) is 6.06. The quantitative estimate of drug-likeness (QED) is 0.180. The zero-order chi connectivity index (χ0) is 29.8. The molecule has 4 aromatic rings. The number of hydrogen-bond acceptors (Lipinski definition) is 8. The standard InChI is InChI=1S/C32H29ClN2O6S/c1-4-6-17-40-30(37)21-13-11-20(12-14-21)25-16-15-22(41-25)18-26-29(36)35-28(23-9-7-8-10-24(23)33)27(31(38)39-5-2)19(3)34-32(35)42-26/h7-16,18,28H,4-6,17H2,1-3H3/b26-18-/t28-/m1/s1. The second-order valence-corrected chi connectivity index (χ2v) is 11.0. The summed E-state index contributed by atoms with van der Waals surface area (Å²) in [5.41, 5.74) is 2.23. The van der Waals surface area contributed by atoms with Crippen molar-refractivity contribution in [1.29, 1.82) is 0 Å². The van der Waals surface area contributed by atoms with E-state index in [-0.39, 0.29) is 23.7 Å². The molecule has 0 N–H and O–H groups in total. The second kappa shape index (κ2) is 12.8. The number of nitrogens with zero attached hydrogens (tertiary/aromatic N) is 2. The number of fused-ring (bicyclic) bond motifs is 1. The number of unbranched alkanes of at least 4 members (excludes halogenated alkanes) is 1. The molecule has 0 saturated carbocycles. The van der Waals surface area contributed by atoms with Crippen LogP contribution < -0.4 is 14.9 Å².